The maximum absolute atomic E-state index is 12.2. The van der Waals surface area contributed by atoms with Crippen LogP contribution in [0.2, 0.25) is 0 Å². The number of anilines is 1. The van der Waals surface area contributed by atoms with Gasteiger partial charge in [0.15, 0.2) is 11.4 Å². The predicted molar refractivity (Wildman–Crippen MR) is 110 cm³/mol. The zero-order valence-corrected chi connectivity index (χ0v) is 17.2. The average molecular weight is 412 g/mol. The van der Waals surface area contributed by atoms with E-state index in [9.17, 15) is 14.4 Å². The summed E-state index contributed by atoms with van der Waals surface area (Å²) < 4.78 is 10.9. The van der Waals surface area contributed by atoms with Crippen LogP contribution in [0, 0.1) is 0 Å². The number of hydrogen-bond acceptors (Lipinski definition) is 6. The van der Waals surface area contributed by atoms with Crippen LogP contribution in [-0.2, 0) is 9.53 Å². The fraction of sp³-hybridized carbons (Fsp3) is 0.429. The van der Waals surface area contributed by atoms with Crippen molar-refractivity contribution >= 4 is 40.4 Å². The largest absolute Gasteiger partial charge is 0.444 e. The highest BCUT2D eigenvalue weighted by atomic mass is 16.6. The topological polar surface area (TPSA) is 105 Å². The summed E-state index contributed by atoms with van der Waals surface area (Å²) in [5.74, 6) is 0.103. The molecule has 1 aromatic heterocycles. The number of carbonyl (C=O) groups is 3. The van der Waals surface area contributed by atoms with Crippen molar-refractivity contribution in [2.24, 2.45) is 0 Å². The molecule has 0 spiro atoms. The summed E-state index contributed by atoms with van der Waals surface area (Å²) in [5, 5.41) is 7.03. The van der Waals surface area contributed by atoms with Crippen molar-refractivity contribution in [2.45, 2.75) is 39.2 Å². The molecule has 4 rings (SSSR count). The number of carbonyl (C=O) groups excluding carboxylic acids is 3. The zero-order chi connectivity index (χ0) is 21.5. The molecule has 2 aliphatic heterocycles. The molecular formula is C21H24N4O5. The van der Waals surface area contributed by atoms with Gasteiger partial charge < -0.3 is 14.2 Å². The van der Waals surface area contributed by atoms with Gasteiger partial charge in [-0.3, -0.25) is 15.0 Å². The van der Waals surface area contributed by atoms with Crippen LogP contribution < -0.4 is 10.2 Å². The molecular weight excluding hydrogens is 388 g/mol. The lowest BCUT2D eigenvalue weighted by Gasteiger charge is -2.29. The minimum absolute atomic E-state index is 0.221. The van der Waals surface area contributed by atoms with Crippen LogP contribution in [0.3, 0.4) is 0 Å². The van der Waals surface area contributed by atoms with Gasteiger partial charge in [-0.2, -0.15) is 0 Å². The van der Waals surface area contributed by atoms with Crippen molar-refractivity contribution in [1.29, 1.82) is 0 Å². The van der Waals surface area contributed by atoms with Gasteiger partial charge in [-0.1, -0.05) is 17.3 Å². The molecule has 0 radical (unpaired) electrons. The van der Waals surface area contributed by atoms with Gasteiger partial charge in [0.2, 0.25) is 5.91 Å². The van der Waals surface area contributed by atoms with Gasteiger partial charge in [-0.05, 0) is 50.5 Å². The number of nitrogens with zero attached hydrogens (tertiary/aromatic N) is 3. The average Bonchev–Trinajstić information content (AvgIpc) is 3.10. The second kappa shape index (κ2) is 7.47. The summed E-state index contributed by atoms with van der Waals surface area (Å²) in [6.07, 6.45) is 2.61. The Morgan fingerprint density at radius 1 is 1.20 bits per heavy atom. The highest BCUT2D eigenvalue weighted by Crippen LogP contribution is 2.31. The molecule has 0 atom stereocenters. The van der Waals surface area contributed by atoms with Crippen molar-refractivity contribution in [2.75, 3.05) is 24.5 Å². The number of imide groups is 1. The van der Waals surface area contributed by atoms with Gasteiger partial charge in [0.25, 0.3) is 0 Å². The molecule has 2 aromatic rings. The number of aromatic nitrogens is 1. The Morgan fingerprint density at radius 3 is 2.67 bits per heavy atom. The van der Waals surface area contributed by atoms with Gasteiger partial charge in [0, 0.05) is 26.1 Å². The third-order valence-electron chi connectivity index (χ3n) is 4.99. The van der Waals surface area contributed by atoms with E-state index in [0.29, 0.717) is 36.3 Å². The highest BCUT2D eigenvalue weighted by Gasteiger charge is 2.28. The summed E-state index contributed by atoms with van der Waals surface area (Å²) in [5.41, 5.74) is 2.13. The predicted octanol–water partition coefficient (Wildman–Crippen LogP) is 3.30. The van der Waals surface area contributed by atoms with Crippen molar-refractivity contribution in [3.05, 3.63) is 29.8 Å². The summed E-state index contributed by atoms with van der Waals surface area (Å²) in [6.45, 7) is 6.86. The first-order valence-corrected chi connectivity index (χ1v) is 9.89. The number of nitrogens with one attached hydrogen (secondary N) is 1. The smallest absolute Gasteiger partial charge is 0.410 e. The zero-order valence-electron chi connectivity index (χ0n) is 17.2. The van der Waals surface area contributed by atoms with Crippen LogP contribution in [0.4, 0.5) is 15.4 Å². The number of hydrogen-bond donors (Lipinski definition) is 1. The second-order valence-electron chi connectivity index (χ2n) is 8.38. The summed E-state index contributed by atoms with van der Waals surface area (Å²) in [7, 11) is 0. The van der Waals surface area contributed by atoms with Gasteiger partial charge in [-0.15, -0.1) is 0 Å². The molecule has 0 aliphatic carbocycles. The molecule has 3 heterocycles. The van der Waals surface area contributed by atoms with E-state index >= 15 is 0 Å². The summed E-state index contributed by atoms with van der Waals surface area (Å²) >= 11 is 0. The molecule has 0 unspecified atom stereocenters. The monoisotopic (exact) mass is 412 g/mol. The Hall–Kier alpha value is -3.36. The van der Waals surface area contributed by atoms with E-state index in [1.165, 1.54) is 4.90 Å². The van der Waals surface area contributed by atoms with Crippen molar-refractivity contribution in [3.8, 4) is 0 Å². The summed E-state index contributed by atoms with van der Waals surface area (Å²) in [6, 6.07) is 5.20. The van der Waals surface area contributed by atoms with E-state index in [2.05, 4.69) is 10.5 Å². The van der Waals surface area contributed by atoms with Crippen LogP contribution in [0.25, 0.3) is 16.5 Å². The number of amides is 4. The Bertz CT molecular complexity index is 1050. The Labute approximate surface area is 173 Å². The molecule has 9 nitrogen and oxygen atoms in total. The normalized spacial score (nSPS) is 17.8. The van der Waals surface area contributed by atoms with Crippen LogP contribution in [0.5, 0.6) is 0 Å². The highest BCUT2D eigenvalue weighted by molar-refractivity contribution is 6.08. The first kappa shape index (κ1) is 19.9. The molecule has 158 valence electrons. The third-order valence-corrected chi connectivity index (χ3v) is 4.99. The molecule has 30 heavy (non-hydrogen) atoms. The maximum atomic E-state index is 12.2. The fourth-order valence-corrected chi connectivity index (χ4v) is 3.51. The molecule has 2 aliphatic rings. The lowest BCUT2D eigenvalue weighted by atomic mass is 9.98. The molecule has 0 bridgehead atoms. The molecule has 0 saturated carbocycles. The molecule has 4 amide bonds. The summed E-state index contributed by atoms with van der Waals surface area (Å²) in [4.78, 5) is 38.8. The number of ether oxygens (including phenoxy) is 1. The second-order valence-corrected chi connectivity index (χ2v) is 8.38. The van der Waals surface area contributed by atoms with Crippen LogP contribution in [0.15, 0.2) is 28.8 Å². The number of urea groups is 1. The Balaban J connectivity index is 1.51. The molecule has 9 heteroatoms. The first-order chi connectivity index (χ1) is 14.2. The van der Waals surface area contributed by atoms with E-state index < -0.39 is 11.6 Å². The van der Waals surface area contributed by atoms with E-state index in [1.807, 2.05) is 45.0 Å². The maximum Gasteiger partial charge on any atom is 0.410 e. The number of rotatable bonds is 2. The Kier molecular flexibility index (Phi) is 4.97. The molecule has 1 saturated heterocycles. The Morgan fingerprint density at radius 2 is 2.00 bits per heavy atom. The molecule has 1 fully saturated rings. The van der Waals surface area contributed by atoms with Crippen molar-refractivity contribution in [3.63, 3.8) is 0 Å². The lowest BCUT2D eigenvalue weighted by Crippen LogP contribution is -2.49. The van der Waals surface area contributed by atoms with E-state index in [-0.39, 0.29) is 25.0 Å². The van der Waals surface area contributed by atoms with Gasteiger partial charge in [-0.25, -0.2) is 9.59 Å². The van der Waals surface area contributed by atoms with Gasteiger partial charge in [0.1, 0.15) is 5.60 Å². The first-order valence-electron chi connectivity index (χ1n) is 9.89. The number of fused-ring (bicyclic) bond motifs is 1. The lowest BCUT2D eigenvalue weighted by molar-refractivity contribution is -0.120. The minimum Gasteiger partial charge on any atom is -0.444 e. The quantitative estimate of drug-likeness (QED) is 0.811. The third kappa shape index (κ3) is 4.00. The van der Waals surface area contributed by atoms with Crippen LogP contribution in [-0.4, -0.2) is 53.3 Å². The van der Waals surface area contributed by atoms with E-state index in [4.69, 9.17) is 9.26 Å². The van der Waals surface area contributed by atoms with E-state index in [0.717, 1.165) is 11.1 Å². The van der Waals surface area contributed by atoms with E-state index in [1.54, 1.807) is 4.90 Å². The molecule has 1 N–H and O–H groups in total. The van der Waals surface area contributed by atoms with Crippen molar-refractivity contribution in [1.82, 2.24) is 15.4 Å². The SMILES string of the molecule is CC(C)(C)OC(=O)N1CC=C(c2ccc3c(N4CCC(=O)NC4=O)noc3c2)CC1. The standard InChI is InChI=1S/C21H24N4O5/c1-21(2,3)29-20(28)24-9-6-13(7-10-24)14-4-5-15-16(12-14)30-23-18(15)25-11-8-17(26)22-19(25)27/h4-6,12H,7-11H2,1-3H3,(H,22,26,27). The van der Waals surface area contributed by atoms with Crippen LogP contribution >= 0.6 is 0 Å². The fourth-order valence-electron chi connectivity index (χ4n) is 3.51. The van der Waals surface area contributed by atoms with Gasteiger partial charge >= 0.3 is 12.1 Å². The van der Waals surface area contributed by atoms with Crippen LogP contribution in [0.1, 0.15) is 39.2 Å². The minimum atomic E-state index is -0.519. The van der Waals surface area contributed by atoms with Crippen molar-refractivity contribution < 1.29 is 23.6 Å². The number of benzene rings is 1. The molecule has 1 aromatic carbocycles. The van der Waals surface area contributed by atoms with Gasteiger partial charge in [0.05, 0.1) is 5.39 Å².